The third-order valence-corrected chi connectivity index (χ3v) is 6.01. The SMILES string of the molecule is CC1CCN(CCCNC(=NCc2nncn2C)Nc2ccc3c(c2)OCCCO3)CC1.I. The first-order valence-electron chi connectivity index (χ1n) is 11.7. The second-order valence-electron chi connectivity index (χ2n) is 8.66. The lowest BCUT2D eigenvalue weighted by Gasteiger charge is -2.30. The van der Waals surface area contributed by atoms with Crippen molar-refractivity contribution >= 4 is 35.6 Å². The highest BCUT2D eigenvalue weighted by Crippen LogP contribution is 2.32. The number of likely N-dealkylation sites (tertiary alicyclic amines) is 1. The third kappa shape index (κ3) is 7.73. The molecule has 9 nitrogen and oxygen atoms in total. The normalized spacial score (nSPS) is 17.2. The molecule has 0 saturated carbocycles. The standard InChI is InChI=1S/C23H35N7O2.HI/c1-18-7-11-30(12-8-18)10-3-9-24-23(25-16-22-28-26-17-29(22)2)27-19-5-6-20-21(15-19)32-14-4-13-31-20;/h5-6,15,17-18H,3-4,7-14,16H2,1-2H3,(H2,24,25,27);1H. The summed E-state index contributed by atoms with van der Waals surface area (Å²) in [6, 6.07) is 5.90. The molecule has 0 atom stereocenters. The minimum absolute atomic E-state index is 0. The van der Waals surface area contributed by atoms with Crippen LogP contribution in [0.15, 0.2) is 29.5 Å². The van der Waals surface area contributed by atoms with Crippen LogP contribution in [-0.4, -0.2) is 65.0 Å². The monoisotopic (exact) mass is 569 g/mol. The van der Waals surface area contributed by atoms with Crippen LogP contribution in [0.1, 0.15) is 38.4 Å². The summed E-state index contributed by atoms with van der Waals surface area (Å²) in [6.45, 7) is 8.53. The van der Waals surface area contributed by atoms with Gasteiger partial charge in [-0.3, -0.25) is 0 Å². The Bertz CT molecular complexity index is 897. The zero-order chi connectivity index (χ0) is 22.2. The van der Waals surface area contributed by atoms with Crippen molar-refractivity contribution in [1.82, 2.24) is 25.0 Å². The molecule has 2 aliphatic rings. The fraction of sp³-hybridized carbons (Fsp3) is 0.609. The molecule has 1 aromatic heterocycles. The largest absolute Gasteiger partial charge is 0.490 e. The van der Waals surface area contributed by atoms with E-state index in [1.54, 1.807) is 6.33 Å². The van der Waals surface area contributed by atoms with Gasteiger partial charge in [-0.25, -0.2) is 4.99 Å². The number of guanidine groups is 1. The number of nitrogens with zero attached hydrogens (tertiary/aromatic N) is 5. The van der Waals surface area contributed by atoms with Crippen LogP contribution in [0.4, 0.5) is 5.69 Å². The van der Waals surface area contributed by atoms with Crippen molar-refractivity contribution in [3.05, 3.63) is 30.4 Å². The van der Waals surface area contributed by atoms with E-state index in [4.69, 9.17) is 14.5 Å². The summed E-state index contributed by atoms with van der Waals surface area (Å²) in [7, 11) is 1.93. The van der Waals surface area contributed by atoms with Crippen molar-refractivity contribution in [2.45, 2.75) is 39.2 Å². The number of fused-ring (bicyclic) bond motifs is 1. The number of halogens is 1. The molecule has 1 fully saturated rings. The zero-order valence-corrected chi connectivity index (χ0v) is 22.0. The number of nitrogens with one attached hydrogen (secondary N) is 2. The third-order valence-electron chi connectivity index (χ3n) is 6.01. The van der Waals surface area contributed by atoms with Crippen molar-refractivity contribution < 1.29 is 9.47 Å². The predicted octanol–water partition coefficient (Wildman–Crippen LogP) is 3.27. The summed E-state index contributed by atoms with van der Waals surface area (Å²) >= 11 is 0. The van der Waals surface area contributed by atoms with E-state index in [1.807, 2.05) is 29.8 Å². The second-order valence-corrected chi connectivity index (χ2v) is 8.66. The molecule has 0 bridgehead atoms. The number of benzene rings is 1. The van der Waals surface area contributed by atoms with Crippen molar-refractivity contribution in [1.29, 1.82) is 0 Å². The fourth-order valence-corrected chi connectivity index (χ4v) is 3.91. The van der Waals surface area contributed by atoms with Crippen molar-refractivity contribution in [2.24, 2.45) is 18.0 Å². The molecule has 182 valence electrons. The van der Waals surface area contributed by atoms with E-state index >= 15 is 0 Å². The first-order chi connectivity index (χ1) is 15.7. The van der Waals surface area contributed by atoms with E-state index in [0.717, 1.165) is 60.8 Å². The lowest BCUT2D eigenvalue weighted by atomic mass is 9.99. The first kappa shape index (κ1) is 25.5. The van der Waals surface area contributed by atoms with E-state index in [1.165, 1.54) is 25.9 Å². The number of aliphatic imine (C=N–C) groups is 1. The van der Waals surface area contributed by atoms with E-state index in [-0.39, 0.29) is 24.0 Å². The van der Waals surface area contributed by atoms with Crippen molar-refractivity contribution in [2.75, 3.05) is 44.7 Å². The van der Waals surface area contributed by atoms with Gasteiger partial charge >= 0.3 is 0 Å². The lowest BCUT2D eigenvalue weighted by molar-refractivity contribution is 0.191. The highest BCUT2D eigenvalue weighted by Gasteiger charge is 2.15. The van der Waals surface area contributed by atoms with E-state index < -0.39 is 0 Å². The van der Waals surface area contributed by atoms with Crippen LogP contribution in [0.5, 0.6) is 11.5 Å². The number of aryl methyl sites for hydroxylation is 1. The maximum absolute atomic E-state index is 5.83. The number of piperidine rings is 1. The molecule has 0 aliphatic carbocycles. The van der Waals surface area contributed by atoms with Crippen LogP contribution in [0, 0.1) is 5.92 Å². The average molecular weight is 569 g/mol. The Kier molecular flexibility index (Phi) is 10.0. The summed E-state index contributed by atoms with van der Waals surface area (Å²) < 4.78 is 13.4. The summed E-state index contributed by atoms with van der Waals surface area (Å²) in [5, 5.41) is 15.0. The Balaban J connectivity index is 0.00000306. The summed E-state index contributed by atoms with van der Waals surface area (Å²) in [5.41, 5.74) is 0.906. The summed E-state index contributed by atoms with van der Waals surface area (Å²) in [4.78, 5) is 7.30. The Morgan fingerprint density at radius 1 is 1.18 bits per heavy atom. The van der Waals surface area contributed by atoms with Crippen LogP contribution in [0.2, 0.25) is 0 Å². The van der Waals surface area contributed by atoms with Gasteiger partial charge in [0.05, 0.1) is 13.2 Å². The van der Waals surface area contributed by atoms with Gasteiger partial charge in [-0.05, 0) is 56.9 Å². The van der Waals surface area contributed by atoms with E-state index in [0.29, 0.717) is 19.8 Å². The molecular formula is C23H36IN7O2. The molecule has 1 aromatic carbocycles. The Morgan fingerprint density at radius 3 is 2.73 bits per heavy atom. The maximum Gasteiger partial charge on any atom is 0.196 e. The molecule has 4 rings (SSSR count). The molecule has 2 aliphatic heterocycles. The topological polar surface area (TPSA) is 88.8 Å². The molecule has 33 heavy (non-hydrogen) atoms. The Hall–Kier alpha value is -2.08. The molecule has 3 heterocycles. The Morgan fingerprint density at radius 2 is 1.97 bits per heavy atom. The smallest absolute Gasteiger partial charge is 0.196 e. The molecule has 0 amide bonds. The molecule has 10 heteroatoms. The van der Waals surface area contributed by atoms with Gasteiger partial charge in [0, 0.05) is 31.8 Å². The van der Waals surface area contributed by atoms with Gasteiger partial charge < -0.3 is 29.6 Å². The van der Waals surface area contributed by atoms with Gasteiger partial charge in [-0.15, -0.1) is 34.2 Å². The van der Waals surface area contributed by atoms with Crippen LogP contribution in [0.3, 0.4) is 0 Å². The molecular weight excluding hydrogens is 533 g/mol. The number of aromatic nitrogens is 3. The van der Waals surface area contributed by atoms with Gasteiger partial charge in [0.2, 0.25) is 0 Å². The quantitative estimate of drug-likeness (QED) is 0.229. The number of anilines is 1. The van der Waals surface area contributed by atoms with Crippen molar-refractivity contribution in [3.63, 3.8) is 0 Å². The number of rotatable bonds is 7. The number of ether oxygens (including phenoxy) is 2. The van der Waals surface area contributed by atoms with E-state index in [9.17, 15) is 0 Å². The van der Waals surface area contributed by atoms with Gasteiger partial charge in [0.25, 0.3) is 0 Å². The fourth-order valence-electron chi connectivity index (χ4n) is 3.91. The molecule has 0 unspecified atom stereocenters. The van der Waals surface area contributed by atoms with Crippen LogP contribution in [0.25, 0.3) is 0 Å². The molecule has 2 N–H and O–H groups in total. The molecule has 0 radical (unpaired) electrons. The summed E-state index contributed by atoms with van der Waals surface area (Å²) in [5.74, 6) is 3.94. The minimum atomic E-state index is 0. The summed E-state index contributed by atoms with van der Waals surface area (Å²) in [6.07, 6.45) is 6.27. The van der Waals surface area contributed by atoms with Crippen LogP contribution >= 0.6 is 24.0 Å². The molecule has 0 spiro atoms. The predicted molar refractivity (Wildman–Crippen MR) is 141 cm³/mol. The van der Waals surface area contributed by atoms with Gasteiger partial charge in [0.1, 0.15) is 12.9 Å². The van der Waals surface area contributed by atoms with Crippen LogP contribution in [-0.2, 0) is 13.6 Å². The van der Waals surface area contributed by atoms with Gasteiger partial charge in [-0.1, -0.05) is 6.92 Å². The first-order valence-corrected chi connectivity index (χ1v) is 11.7. The molecule has 1 saturated heterocycles. The zero-order valence-electron chi connectivity index (χ0n) is 19.6. The van der Waals surface area contributed by atoms with E-state index in [2.05, 4.69) is 32.7 Å². The number of hydrogen-bond acceptors (Lipinski definition) is 6. The Labute approximate surface area is 213 Å². The van der Waals surface area contributed by atoms with Crippen LogP contribution < -0.4 is 20.1 Å². The van der Waals surface area contributed by atoms with Gasteiger partial charge in [-0.2, -0.15) is 0 Å². The lowest BCUT2D eigenvalue weighted by Crippen LogP contribution is -2.37. The minimum Gasteiger partial charge on any atom is -0.490 e. The van der Waals surface area contributed by atoms with Crippen molar-refractivity contribution in [3.8, 4) is 11.5 Å². The number of hydrogen-bond donors (Lipinski definition) is 2. The molecule has 2 aromatic rings. The highest BCUT2D eigenvalue weighted by atomic mass is 127. The second kappa shape index (κ2) is 13.0. The van der Waals surface area contributed by atoms with Gasteiger partial charge in [0.15, 0.2) is 23.3 Å². The average Bonchev–Trinajstić information content (AvgIpc) is 3.06. The highest BCUT2D eigenvalue weighted by molar-refractivity contribution is 14.0. The maximum atomic E-state index is 5.83.